The highest BCUT2D eigenvalue weighted by atomic mass is 14.4. The summed E-state index contributed by atoms with van der Waals surface area (Å²) in [6.07, 6.45) is 0. The maximum Gasteiger partial charge on any atom is -0.00137 e. The van der Waals surface area contributed by atoms with Gasteiger partial charge in [0.1, 0.15) is 0 Å². The van der Waals surface area contributed by atoms with E-state index in [1.165, 1.54) is 174 Å². The molecule has 0 aliphatic heterocycles. The van der Waals surface area contributed by atoms with Crippen molar-refractivity contribution in [2.24, 2.45) is 0 Å². The van der Waals surface area contributed by atoms with Crippen LogP contribution < -0.4 is 0 Å². The number of benzene rings is 13. The van der Waals surface area contributed by atoms with Crippen LogP contribution in [-0.2, 0) is 0 Å². The van der Waals surface area contributed by atoms with Gasteiger partial charge in [-0.25, -0.2) is 0 Å². The number of rotatable bonds is 0. The minimum absolute atomic E-state index is 1.33. The van der Waals surface area contributed by atoms with Crippen molar-refractivity contribution in [3.05, 3.63) is 168 Å². The van der Waals surface area contributed by atoms with Crippen molar-refractivity contribution in [2.75, 3.05) is 0 Å². The van der Waals surface area contributed by atoms with Crippen molar-refractivity contribution in [3.8, 4) is 44.5 Å². The van der Waals surface area contributed by atoms with E-state index >= 15 is 0 Å². The quantitative estimate of drug-likeness (QED) is 0.107. The number of hydrogen-bond donors (Lipinski definition) is 0. The summed E-state index contributed by atoms with van der Waals surface area (Å²) in [6, 6.07) is 55.8. The Balaban J connectivity index is 1.06. The van der Waals surface area contributed by atoms with Gasteiger partial charge in [0.15, 0.2) is 0 Å². The second kappa shape index (κ2) is 10.5. The van der Waals surface area contributed by atoms with Gasteiger partial charge in [-0.15, -0.1) is 0 Å². The van der Waals surface area contributed by atoms with Gasteiger partial charge in [0.05, 0.1) is 0 Å². The third kappa shape index (κ3) is 3.38. The molecule has 0 atom stereocenters. The summed E-state index contributed by atoms with van der Waals surface area (Å²) in [5.74, 6) is 0. The van der Waals surface area contributed by atoms with E-state index in [1.54, 1.807) is 0 Å². The molecule has 0 saturated carbocycles. The zero-order valence-corrected chi connectivity index (χ0v) is 33.9. The van der Waals surface area contributed by atoms with Crippen molar-refractivity contribution >= 4 is 108 Å². The second-order valence-corrected chi connectivity index (χ2v) is 17.8. The van der Waals surface area contributed by atoms with Crippen LogP contribution in [0.4, 0.5) is 0 Å². The van der Waals surface area contributed by atoms with E-state index < -0.39 is 0 Å². The highest BCUT2D eigenvalue weighted by molar-refractivity contribution is 6.42. The Kier molecular flexibility index (Phi) is 5.53. The molecule has 0 heterocycles. The smallest absolute Gasteiger partial charge is 0.00137 e. The number of aryl methyl sites for hydroxylation is 4. The molecule has 0 heteroatoms. The van der Waals surface area contributed by atoms with Crippen LogP contribution in [-0.4, -0.2) is 0 Å². The zero-order valence-electron chi connectivity index (χ0n) is 33.9. The van der Waals surface area contributed by atoms with Gasteiger partial charge < -0.3 is 0 Å². The molecule has 0 N–H and O–H groups in total. The summed E-state index contributed by atoms with van der Waals surface area (Å²) in [5, 5.41) is 27.4. The van der Waals surface area contributed by atoms with Crippen LogP contribution in [0.1, 0.15) is 22.3 Å². The first-order valence-electron chi connectivity index (χ1n) is 21.5. The predicted octanol–water partition coefficient (Wildman–Crippen LogP) is 17.2. The number of hydrogen-bond acceptors (Lipinski definition) is 0. The van der Waals surface area contributed by atoms with Crippen LogP contribution in [0.25, 0.3) is 152 Å². The van der Waals surface area contributed by atoms with Gasteiger partial charge >= 0.3 is 0 Å². The summed E-state index contributed by atoms with van der Waals surface area (Å²) < 4.78 is 0. The Morgan fingerprint density at radius 3 is 0.617 bits per heavy atom. The normalized spacial score (nSPS) is 13.0. The van der Waals surface area contributed by atoms with Crippen molar-refractivity contribution in [3.63, 3.8) is 0 Å². The Morgan fingerprint density at radius 1 is 0.183 bits per heavy atom. The maximum absolute atomic E-state index is 2.46. The number of fused-ring (bicyclic) bond motifs is 20. The summed E-state index contributed by atoms with van der Waals surface area (Å²) in [7, 11) is 0. The van der Waals surface area contributed by atoms with Gasteiger partial charge in [0, 0.05) is 0 Å². The molecule has 0 nitrogen and oxygen atoms in total. The Bertz CT molecular complexity index is 3710. The Morgan fingerprint density at radius 2 is 0.383 bits per heavy atom. The highest BCUT2D eigenvalue weighted by Gasteiger charge is 2.33. The van der Waals surface area contributed by atoms with Crippen molar-refractivity contribution < 1.29 is 0 Å². The molecule has 0 radical (unpaired) electrons. The summed E-state index contributed by atoms with van der Waals surface area (Å²) >= 11 is 0. The van der Waals surface area contributed by atoms with Crippen LogP contribution in [0.5, 0.6) is 0 Å². The molecule has 0 saturated heterocycles. The lowest BCUT2D eigenvalue weighted by Gasteiger charge is -2.19. The predicted molar refractivity (Wildman–Crippen MR) is 260 cm³/mol. The first kappa shape index (κ1) is 31.7. The topological polar surface area (TPSA) is 0 Å². The molecule has 0 unspecified atom stereocenters. The van der Waals surface area contributed by atoms with E-state index in [0.29, 0.717) is 0 Å². The summed E-state index contributed by atoms with van der Waals surface area (Å²) in [4.78, 5) is 0. The molecular formula is C60H36. The first-order valence-corrected chi connectivity index (χ1v) is 21.5. The lowest BCUT2D eigenvalue weighted by molar-refractivity contribution is 1.49. The van der Waals surface area contributed by atoms with Crippen LogP contribution >= 0.6 is 0 Å². The van der Waals surface area contributed by atoms with Gasteiger partial charge in [0.25, 0.3) is 0 Å². The van der Waals surface area contributed by atoms with Gasteiger partial charge in [-0.05, 0) is 202 Å². The molecule has 13 aromatic rings. The average Bonchev–Trinajstić information content (AvgIpc) is 3.83. The molecule has 60 heavy (non-hydrogen) atoms. The molecule has 276 valence electrons. The molecule has 0 bridgehead atoms. The molecule has 0 fully saturated rings. The van der Waals surface area contributed by atoms with E-state index in [2.05, 4.69) is 173 Å². The van der Waals surface area contributed by atoms with Crippen molar-refractivity contribution in [2.45, 2.75) is 27.7 Å². The SMILES string of the molecule is Cc1c2c(c(C)c3c4ccccc4c4ccccc4c13)-c1ccc3c4ccc5c6c(ccc(c7ccc-2c1c73)c64)-c1c-5c(C)c2c3ccccc3c3ccccc3c2c1C. The van der Waals surface area contributed by atoms with E-state index in [4.69, 9.17) is 0 Å². The minimum Gasteiger partial charge on any atom is -0.0616 e. The van der Waals surface area contributed by atoms with Gasteiger partial charge in [0.2, 0.25) is 0 Å². The highest BCUT2D eigenvalue weighted by Crippen LogP contribution is 2.60. The monoisotopic (exact) mass is 756 g/mol. The molecule has 0 spiro atoms. The van der Waals surface area contributed by atoms with Crippen LogP contribution in [0.2, 0.25) is 0 Å². The fourth-order valence-electron chi connectivity index (χ4n) is 13.2. The lowest BCUT2D eigenvalue weighted by Crippen LogP contribution is -1.94. The van der Waals surface area contributed by atoms with Gasteiger partial charge in [-0.2, -0.15) is 0 Å². The van der Waals surface area contributed by atoms with Crippen molar-refractivity contribution in [1.82, 2.24) is 0 Å². The second-order valence-electron chi connectivity index (χ2n) is 17.8. The fraction of sp³-hybridized carbons (Fsp3) is 0.0667. The molecule has 2 aliphatic carbocycles. The maximum atomic E-state index is 2.46. The first-order chi connectivity index (χ1) is 29.5. The minimum atomic E-state index is 1.33. The van der Waals surface area contributed by atoms with Crippen LogP contribution in [0, 0.1) is 27.7 Å². The third-order valence-corrected chi connectivity index (χ3v) is 15.3. The summed E-state index contributed by atoms with van der Waals surface area (Å²) in [6.45, 7) is 9.52. The molecule has 0 aromatic heterocycles. The molecular weight excluding hydrogens is 721 g/mol. The average molecular weight is 757 g/mol. The Labute approximate surface area is 346 Å². The Hall–Kier alpha value is -7.28. The van der Waals surface area contributed by atoms with E-state index in [9.17, 15) is 0 Å². The van der Waals surface area contributed by atoms with E-state index in [-0.39, 0.29) is 0 Å². The molecule has 2 aliphatic rings. The largest absolute Gasteiger partial charge is 0.0616 e. The van der Waals surface area contributed by atoms with E-state index in [0.717, 1.165) is 0 Å². The van der Waals surface area contributed by atoms with Gasteiger partial charge in [-0.1, -0.05) is 146 Å². The van der Waals surface area contributed by atoms with Crippen LogP contribution in [0.3, 0.4) is 0 Å². The van der Waals surface area contributed by atoms with Crippen molar-refractivity contribution in [1.29, 1.82) is 0 Å². The third-order valence-electron chi connectivity index (χ3n) is 15.3. The molecule has 13 aromatic carbocycles. The molecule has 15 rings (SSSR count). The summed E-state index contributed by atoms with van der Waals surface area (Å²) in [5.41, 5.74) is 16.7. The fourth-order valence-corrected chi connectivity index (χ4v) is 13.2. The van der Waals surface area contributed by atoms with Gasteiger partial charge in [-0.3, -0.25) is 0 Å². The standard InChI is InChI=1S/C60H36/c1-29-49-37-17-9-5-13-33(37)34-14-6-10-18-38(34)50(49)30(2)54-46-26-22-42-44-24-28-48-56-32(4)52-40-20-12-8-16-36(40)35-15-7-11-19-39(35)51(52)31(3)55(56)47-27-23-43(58(44)60(47)48)41-21-25-45(53(29)54)59(46)57(41)42/h5-28H,1-4H3. The van der Waals surface area contributed by atoms with Crippen LogP contribution in [0.15, 0.2) is 146 Å². The zero-order chi connectivity index (χ0) is 39.4. The molecule has 0 amide bonds. The lowest BCUT2D eigenvalue weighted by atomic mass is 9.84. The van der Waals surface area contributed by atoms with E-state index in [1.807, 2.05) is 0 Å².